The molecule has 0 radical (unpaired) electrons. The average molecular weight is 313 g/mol. The van der Waals surface area contributed by atoms with E-state index in [1.54, 1.807) is 0 Å². The van der Waals surface area contributed by atoms with Crippen LogP contribution in [0.3, 0.4) is 0 Å². The minimum absolute atomic E-state index is 0.132. The topological polar surface area (TPSA) is 22.1 Å². The first kappa shape index (κ1) is 16.4. The van der Waals surface area contributed by atoms with Crippen molar-refractivity contribution in [3.63, 3.8) is 0 Å². The number of alkyl halides is 9. The molecule has 0 atom stereocenters. The van der Waals surface area contributed by atoms with Gasteiger partial charge in [-0.1, -0.05) is 0 Å². The predicted molar refractivity (Wildman–Crippen MR) is 45.8 cm³/mol. The average Bonchev–Trinajstić information content (AvgIpc) is 2.22. The largest absolute Gasteiger partial charge is 0.469 e. The van der Waals surface area contributed by atoms with Crippen LogP contribution in [0.4, 0.5) is 39.5 Å². The van der Waals surface area contributed by atoms with E-state index in [0.717, 1.165) is 0 Å². The molecule has 0 aromatic carbocycles. The summed E-state index contributed by atoms with van der Waals surface area (Å²) in [5, 5.41) is 0. The molecule has 1 aromatic heterocycles. The van der Waals surface area contributed by atoms with Gasteiger partial charge in [0.25, 0.3) is 6.10 Å². The second-order valence-corrected chi connectivity index (χ2v) is 3.45. The molecule has 0 aliphatic rings. The van der Waals surface area contributed by atoms with Crippen LogP contribution in [-0.2, 0) is 6.18 Å². The fraction of sp³-hybridized carbons (Fsp3) is 0.444. The van der Waals surface area contributed by atoms with E-state index in [1.165, 1.54) is 0 Å². The molecule has 0 bridgehead atoms. The van der Waals surface area contributed by atoms with Gasteiger partial charge in [0.1, 0.15) is 5.56 Å². The van der Waals surface area contributed by atoms with Crippen LogP contribution < -0.4 is 4.74 Å². The monoisotopic (exact) mass is 313 g/mol. The molecule has 0 aliphatic heterocycles. The van der Waals surface area contributed by atoms with E-state index in [-0.39, 0.29) is 12.3 Å². The Morgan fingerprint density at radius 2 is 1.40 bits per heavy atom. The lowest BCUT2D eigenvalue weighted by atomic mass is 10.2. The van der Waals surface area contributed by atoms with Crippen LogP contribution in [0.5, 0.6) is 5.75 Å². The van der Waals surface area contributed by atoms with Crippen molar-refractivity contribution >= 4 is 0 Å². The molecule has 2 nitrogen and oxygen atoms in total. The Hall–Kier alpha value is -1.68. The van der Waals surface area contributed by atoms with E-state index in [0.29, 0.717) is 6.20 Å². The lowest BCUT2D eigenvalue weighted by Crippen LogP contribution is -2.46. The Morgan fingerprint density at radius 3 is 1.80 bits per heavy atom. The molecule has 0 unspecified atom stereocenters. The number of halogens is 9. The standard InChI is InChI=1S/C9H4F9NO/c10-7(11,12)4-1-2-19-3-5(4)20-6(8(13,14)15)9(16,17)18/h1-3,6H. The molecule has 0 saturated heterocycles. The van der Waals surface area contributed by atoms with Crippen LogP contribution in [0, 0.1) is 0 Å². The van der Waals surface area contributed by atoms with Crippen molar-refractivity contribution < 1.29 is 44.3 Å². The van der Waals surface area contributed by atoms with Gasteiger partial charge in [-0.25, -0.2) is 0 Å². The summed E-state index contributed by atoms with van der Waals surface area (Å²) in [6.45, 7) is 0. The van der Waals surface area contributed by atoms with Crippen LogP contribution in [-0.4, -0.2) is 23.4 Å². The summed E-state index contributed by atoms with van der Waals surface area (Å²) in [5.74, 6) is -1.65. The molecule has 1 aromatic rings. The molecule has 0 spiro atoms. The molecule has 0 aliphatic carbocycles. The van der Waals surface area contributed by atoms with Gasteiger partial charge in [0.05, 0.1) is 6.20 Å². The molecular formula is C9H4F9NO. The van der Waals surface area contributed by atoms with Gasteiger partial charge in [0.2, 0.25) is 0 Å². The van der Waals surface area contributed by atoms with Crippen molar-refractivity contribution in [2.24, 2.45) is 0 Å². The van der Waals surface area contributed by atoms with E-state index in [1.807, 2.05) is 0 Å². The lowest BCUT2D eigenvalue weighted by molar-refractivity contribution is -0.300. The molecule has 11 heteroatoms. The maximum Gasteiger partial charge on any atom is 0.434 e. The SMILES string of the molecule is FC(F)(F)c1ccncc1OC(C(F)(F)F)C(F)(F)F. The Labute approximate surface area is 105 Å². The number of ether oxygens (including phenoxy) is 1. The van der Waals surface area contributed by atoms with Crippen LogP contribution in [0.1, 0.15) is 5.56 Å². The molecule has 0 fully saturated rings. The van der Waals surface area contributed by atoms with E-state index in [4.69, 9.17) is 0 Å². The summed E-state index contributed by atoms with van der Waals surface area (Å²) >= 11 is 0. The number of rotatable bonds is 2. The minimum Gasteiger partial charge on any atom is -0.469 e. The zero-order valence-corrected chi connectivity index (χ0v) is 9.07. The normalized spacial score (nSPS) is 13.7. The number of aromatic nitrogens is 1. The summed E-state index contributed by atoms with van der Waals surface area (Å²) < 4.78 is 114. The third kappa shape index (κ3) is 3.90. The maximum atomic E-state index is 12.4. The van der Waals surface area contributed by atoms with E-state index in [2.05, 4.69) is 9.72 Å². The Morgan fingerprint density at radius 1 is 0.900 bits per heavy atom. The van der Waals surface area contributed by atoms with E-state index >= 15 is 0 Å². The Kier molecular flexibility index (Phi) is 4.11. The van der Waals surface area contributed by atoms with Gasteiger partial charge in [-0.15, -0.1) is 0 Å². The van der Waals surface area contributed by atoms with Crippen molar-refractivity contribution in [3.05, 3.63) is 24.0 Å². The highest BCUT2D eigenvalue weighted by Crippen LogP contribution is 2.40. The zero-order chi connectivity index (χ0) is 15.8. The zero-order valence-electron chi connectivity index (χ0n) is 9.07. The number of nitrogens with zero attached hydrogens (tertiary/aromatic N) is 1. The van der Waals surface area contributed by atoms with Crippen molar-refractivity contribution in [2.45, 2.75) is 24.6 Å². The van der Waals surface area contributed by atoms with Crippen LogP contribution in [0.15, 0.2) is 18.5 Å². The molecular weight excluding hydrogens is 309 g/mol. The molecule has 0 N–H and O–H groups in total. The van der Waals surface area contributed by atoms with Crippen molar-refractivity contribution in [1.29, 1.82) is 0 Å². The summed E-state index contributed by atoms with van der Waals surface area (Å²) in [7, 11) is 0. The van der Waals surface area contributed by atoms with E-state index in [9.17, 15) is 39.5 Å². The molecule has 0 amide bonds. The first-order valence-electron chi connectivity index (χ1n) is 4.65. The third-order valence-corrected chi connectivity index (χ3v) is 1.93. The highest BCUT2D eigenvalue weighted by atomic mass is 19.4. The predicted octanol–water partition coefficient (Wildman–Crippen LogP) is 3.97. The highest BCUT2D eigenvalue weighted by Gasteiger charge is 2.59. The van der Waals surface area contributed by atoms with Gasteiger partial charge in [0.15, 0.2) is 5.75 Å². The smallest absolute Gasteiger partial charge is 0.434 e. The fourth-order valence-corrected chi connectivity index (χ4v) is 1.15. The van der Waals surface area contributed by atoms with Crippen LogP contribution >= 0.6 is 0 Å². The minimum atomic E-state index is -5.92. The lowest BCUT2D eigenvalue weighted by Gasteiger charge is -2.25. The molecule has 1 rings (SSSR count). The summed E-state index contributed by atoms with van der Waals surface area (Å²) in [4.78, 5) is 3.02. The molecule has 20 heavy (non-hydrogen) atoms. The second-order valence-electron chi connectivity index (χ2n) is 3.45. The quantitative estimate of drug-likeness (QED) is 0.771. The van der Waals surface area contributed by atoms with Crippen molar-refractivity contribution in [2.75, 3.05) is 0 Å². The van der Waals surface area contributed by atoms with E-state index < -0.39 is 35.9 Å². The number of hydrogen-bond acceptors (Lipinski definition) is 2. The third-order valence-electron chi connectivity index (χ3n) is 1.93. The molecule has 114 valence electrons. The number of hydrogen-bond donors (Lipinski definition) is 0. The Balaban J connectivity index is 3.20. The van der Waals surface area contributed by atoms with Crippen LogP contribution in [0.2, 0.25) is 0 Å². The maximum absolute atomic E-state index is 12.4. The Bertz CT molecular complexity index is 448. The van der Waals surface area contributed by atoms with Gasteiger partial charge in [-0.2, -0.15) is 39.5 Å². The van der Waals surface area contributed by atoms with Gasteiger partial charge in [-0.05, 0) is 6.07 Å². The van der Waals surface area contributed by atoms with Crippen molar-refractivity contribution in [3.8, 4) is 5.75 Å². The summed E-state index contributed by atoms with van der Waals surface area (Å²) in [6, 6.07) is 0.207. The summed E-state index contributed by atoms with van der Waals surface area (Å²) in [6.07, 6.45) is -20.7. The van der Waals surface area contributed by atoms with Gasteiger partial charge in [-0.3, -0.25) is 4.98 Å². The first-order chi connectivity index (χ1) is 8.83. The second kappa shape index (κ2) is 5.02. The molecule has 0 saturated carbocycles. The van der Waals surface area contributed by atoms with Gasteiger partial charge < -0.3 is 4.74 Å². The summed E-state index contributed by atoms with van der Waals surface area (Å²) in [5.41, 5.74) is -1.79. The molecule has 1 heterocycles. The fourth-order valence-electron chi connectivity index (χ4n) is 1.15. The highest BCUT2D eigenvalue weighted by molar-refractivity contribution is 5.32. The van der Waals surface area contributed by atoms with Gasteiger partial charge in [0, 0.05) is 6.20 Å². The van der Waals surface area contributed by atoms with Crippen molar-refractivity contribution in [1.82, 2.24) is 4.98 Å². The first-order valence-corrected chi connectivity index (χ1v) is 4.65. The van der Waals surface area contributed by atoms with Crippen LogP contribution in [0.25, 0.3) is 0 Å². The number of pyridine rings is 1. The van der Waals surface area contributed by atoms with Gasteiger partial charge >= 0.3 is 18.5 Å².